The van der Waals surface area contributed by atoms with E-state index in [-0.39, 0.29) is 11.3 Å². The maximum Gasteiger partial charge on any atom is 0.210 e. The smallest absolute Gasteiger partial charge is 0.210 e. The van der Waals surface area contributed by atoms with Gasteiger partial charge >= 0.3 is 0 Å². The number of nitrogens with two attached hydrogens (primary N) is 1. The molecule has 108 valence electrons. The summed E-state index contributed by atoms with van der Waals surface area (Å²) >= 11 is 6.93. The molecule has 0 amide bonds. The molecule has 0 aliphatic heterocycles. The highest BCUT2D eigenvalue weighted by atomic mass is 79.9. The summed E-state index contributed by atoms with van der Waals surface area (Å²) in [5.74, 6) is 0. The maximum atomic E-state index is 6.31. The lowest BCUT2D eigenvalue weighted by atomic mass is 10.1. The van der Waals surface area contributed by atoms with Crippen LogP contribution in [0.3, 0.4) is 0 Å². The summed E-state index contributed by atoms with van der Waals surface area (Å²) < 4.78 is 3.08. The van der Waals surface area contributed by atoms with Gasteiger partial charge in [-0.3, -0.25) is 0 Å². The lowest BCUT2D eigenvalue weighted by Gasteiger charge is -2.20. The summed E-state index contributed by atoms with van der Waals surface area (Å²) in [5.41, 5.74) is 6.31. The van der Waals surface area contributed by atoms with Crippen molar-refractivity contribution in [1.29, 1.82) is 0 Å². The van der Waals surface area contributed by atoms with Crippen molar-refractivity contribution in [2.45, 2.75) is 48.7 Å². The average Bonchev–Trinajstić information content (AvgIpc) is 3.03. The topological polar surface area (TPSA) is 69.6 Å². The number of thiophene rings is 1. The molecule has 0 aromatic carbocycles. The fourth-order valence-electron chi connectivity index (χ4n) is 1.98. The molecule has 0 spiro atoms. The molecular weight excluding hydrogens is 358 g/mol. The van der Waals surface area contributed by atoms with E-state index in [1.54, 1.807) is 23.1 Å². The van der Waals surface area contributed by atoms with E-state index < -0.39 is 0 Å². The van der Waals surface area contributed by atoms with Gasteiger partial charge in [-0.25, -0.2) is 4.68 Å². The first kappa shape index (κ1) is 14.5. The second-order valence-corrected chi connectivity index (χ2v) is 8.49. The molecule has 2 heterocycles. The molecule has 2 aromatic rings. The first-order chi connectivity index (χ1) is 9.69. The Kier molecular flexibility index (Phi) is 4.44. The van der Waals surface area contributed by atoms with Gasteiger partial charge in [-0.15, -0.1) is 16.4 Å². The molecule has 2 aromatic heterocycles. The first-order valence-corrected chi connectivity index (χ1v) is 9.13. The molecule has 5 nitrogen and oxygen atoms in total. The van der Waals surface area contributed by atoms with Crippen molar-refractivity contribution >= 4 is 39.0 Å². The molecule has 0 bridgehead atoms. The largest absolute Gasteiger partial charge is 0.326 e. The van der Waals surface area contributed by atoms with Crippen LogP contribution in [0.5, 0.6) is 0 Å². The third-order valence-corrected chi connectivity index (χ3v) is 6.52. The van der Waals surface area contributed by atoms with Crippen molar-refractivity contribution in [3.8, 4) is 0 Å². The quantitative estimate of drug-likeness (QED) is 0.785. The zero-order valence-corrected chi connectivity index (χ0v) is 14.3. The highest BCUT2D eigenvalue weighted by Crippen LogP contribution is 2.43. The van der Waals surface area contributed by atoms with Crippen LogP contribution in [0, 0.1) is 0 Å². The molecule has 0 saturated heterocycles. The molecule has 3 rings (SSSR count). The Hall–Kier alpha value is -0.440. The van der Waals surface area contributed by atoms with Gasteiger partial charge < -0.3 is 5.73 Å². The zero-order chi connectivity index (χ0) is 14.1. The van der Waals surface area contributed by atoms with Gasteiger partial charge in [-0.1, -0.05) is 18.7 Å². The van der Waals surface area contributed by atoms with Gasteiger partial charge in [-0.2, -0.15) is 0 Å². The SMILES string of the molecule is CCC(N)C(Sc1nnnn1C1CC1)c1ccc(Br)s1. The maximum absolute atomic E-state index is 6.31. The molecule has 2 atom stereocenters. The normalized spacial score (nSPS) is 18.1. The van der Waals surface area contributed by atoms with Crippen LogP contribution < -0.4 is 5.73 Å². The van der Waals surface area contributed by atoms with E-state index in [0.29, 0.717) is 6.04 Å². The standard InChI is InChI=1S/C12H16BrN5S2/c1-2-8(14)11(9-5-6-10(13)19-9)20-12-15-16-17-18(12)7-3-4-7/h5-8,11H,2-4,14H2,1H3. The number of tetrazole rings is 1. The molecular formula is C12H16BrN5S2. The van der Waals surface area contributed by atoms with Gasteiger partial charge in [0.25, 0.3) is 0 Å². The van der Waals surface area contributed by atoms with Crippen LogP contribution in [0.1, 0.15) is 42.4 Å². The van der Waals surface area contributed by atoms with Crippen LogP contribution >= 0.6 is 39.0 Å². The molecule has 0 radical (unpaired) electrons. The Morgan fingerprint density at radius 3 is 2.95 bits per heavy atom. The molecule has 1 aliphatic rings. The summed E-state index contributed by atoms with van der Waals surface area (Å²) in [5, 5.41) is 13.2. The van der Waals surface area contributed by atoms with Crippen LogP contribution in [-0.2, 0) is 0 Å². The number of thioether (sulfide) groups is 1. The molecule has 2 unspecified atom stereocenters. The Morgan fingerprint density at radius 1 is 1.55 bits per heavy atom. The number of halogens is 1. The molecule has 2 N–H and O–H groups in total. The van der Waals surface area contributed by atoms with Gasteiger partial charge in [0, 0.05) is 10.9 Å². The third kappa shape index (κ3) is 3.08. The van der Waals surface area contributed by atoms with E-state index in [4.69, 9.17) is 5.73 Å². The molecule has 8 heteroatoms. The highest BCUT2D eigenvalue weighted by Gasteiger charge is 2.30. The number of aromatic nitrogens is 4. The first-order valence-electron chi connectivity index (χ1n) is 6.64. The summed E-state index contributed by atoms with van der Waals surface area (Å²) in [6, 6.07) is 4.78. The lowest BCUT2D eigenvalue weighted by Crippen LogP contribution is -2.25. The van der Waals surface area contributed by atoms with Gasteiger partial charge in [0.1, 0.15) is 0 Å². The number of nitrogens with zero attached hydrogens (tertiary/aromatic N) is 4. The Morgan fingerprint density at radius 2 is 2.35 bits per heavy atom. The fraction of sp³-hybridized carbons (Fsp3) is 0.583. The Labute approximate surface area is 134 Å². The van der Waals surface area contributed by atoms with E-state index in [1.165, 1.54) is 17.7 Å². The monoisotopic (exact) mass is 373 g/mol. The van der Waals surface area contributed by atoms with Crippen LogP contribution in [0.15, 0.2) is 21.1 Å². The van der Waals surface area contributed by atoms with Crippen molar-refractivity contribution in [2.24, 2.45) is 5.73 Å². The summed E-state index contributed by atoms with van der Waals surface area (Å²) in [6.45, 7) is 2.12. The minimum Gasteiger partial charge on any atom is -0.326 e. The number of hydrogen-bond acceptors (Lipinski definition) is 6. The van der Waals surface area contributed by atoms with Crippen LogP contribution in [0.4, 0.5) is 0 Å². The summed E-state index contributed by atoms with van der Waals surface area (Å²) in [7, 11) is 0. The lowest BCUT2D eigenvalue weighted by molar-refractivity contribution is 0.561. The fourth-order valence-corrected chi connectivity index (χ4v) is 4.91. The molecule has 1 aliphatic carbocycles. The van der Waals surface area contributed by atoms with Gasteiger partial charge in [0.05, 0.1) is 15.1 Å². The third-order valence-electron chi connectivity index (χ3n) is 3.32. The second kappa shape index (κ2) is 6.13. The number of hydrogen-bond donors (Lipinski definition) is 1. The van der Waals surface area contributed by atoms with Crippen LogP contribution in [0.2, 0.25) is 0 Å². The summed E-state index contributed by atoms with van der Waals surface area (Å²) in [6.07, 6.45) is 3.28. The van der Waals surface area contributed by atoms with Crippen molar-refractivity contribution < 1.29 is 0 Å². The van der Waals surface area contributed by atoms with Crippen molar-refractivity contribution in [2.75, 3.05) is 0 Å². The number of rotatable bonds is 6. The van der Waals surface area contributed by atoms with Crippen molar-refractivity contribution in [3.05, 3.63) is 20.8 Å². The van der Waals surface area contributed by atoms with E-state index in [0.717, 1.165) is 15.4 Å². The van der Waals surface area contributed by atoms with Crippen molar-refractivity contribution in [3.63, 3.8) is 0 Å². The van der Waals surface area contributed by atoms with E-state index in [9.17, 15) is 0 Å². The minimum atomic E-state index is 0.0925. The van der Waals surface area contributed by atoms with Crippen molar-refractivity contribution in [1.82, 2.24) is 20.2 Å². The van der Waals surface area contributed by atoms with Crippen LogP contribution in [0.25, 0.3) is 0 Å². The van der Waals surface area contributed by atoms with E-state index >= 15 is 0 Å². The highest BCUT2D eigenvalue weighted by molar-refractivity contribution is 9.11. The van der Waals surface area contributed by atoms with Crippen LogP contribution in [-0.4, -0.2) is 26.2 Å². The molecule has 1 fully saturated rings. The zero-order valence-electron chi connectivity index (χ0n) is 11.1. The Balaban J connectivity index is 1.84. The predicted molar refractivity (Wildman–Crippen MR) is 85.0 cm³/mol. The molecule has 20 heavy (non-hydrogen) atoms. The average molecular weight is 374 g/mol. The molecule has 1 saturated carbocycles. The van der Waals surface area contributed by atoms with E-state index in [1.807, 2.05) is 4.68 Å². The van der Waals surface area contributed by atoms with E-state index in [2.05, 4.69) is 50.5 Å². The Bertz CT molecular complexity index is 580. The minimum absolute atomic E-state index is 0.0925. The van der Waals surface area contributed by atoms with Gasteiger partial charge in [-0.05, 0) is 57.8 Å². The van der Waals surface area contributed by atoms with Gasteiger partial charge in [0.2, 0.25) is 5.16 Å². The predicted octanol–water partition coefficient (Wildman–Crippen LogP) is 3.40. The summed E-state index contributed by atoms with van der Waals surface area (Å²) in [4.78, 5) is 1.27. The second-order valence-electron chi connectivity index (χ2n) is 4.89. The van der Waals surface area contributed by atoms with Gasteiger partial charge in [0.15, 0.2) is 0 Å².